The minimum atomic E-state index is -0.390. The first kappa shape index (κ1) is 15.4. The second-order valence-corrected chi connectivity index (χ2v) is 4.86. The van der Waals surface area contributed by atoms with Crippen molar-refractivity contribution in [1.29, 1.82) is 0 Å². The van der Waals surface area contributed by atoms with Crippen LogP contribution < -0.4 is 9.47 Å². The van der Waals surface area contributed by atoms with E-state index in [1.165, 1.54) is 0 Å². The van der Waals surface area contributed by atoms with E-state index < -0.39 is 6.10 Å². The summed E-state index contributed by atoms with van der Waals surface area (Å²) in [5.74, 6) is 1.71. The summed E-state index contributed by atoms with van der Waals surface area (Å²) in [6.07, 6.45) is 1.16. The molecule has 0 saturated carbocycles. The van der Waals surface area contributed by atoms with Crippen molar-refractivity contribution < 1.29 is 14.6 Å². The van der Waals surface area contributed by atoms with E-state index >= 15 is 0 Å². The zero-order chi connectivity index (χ0) is 14.9. The van der Waals surface area contributed by atoms with E-state index in [4.69, 9.17) is 9.47 Å². The van der Waals surface area contributed by atoms with Crippen LogP contribution in [0.1, 0.15) is 31.4 Å². The van der Waals surface area contributed by atoms with Gasteiger partial charge in [-0.2, -0.15) is 0 Å². The van der Waals surface area contributed by atoms with Gasteiger partial charge in [-0.15, -0.1) is 0 Å². The van der Waals surface area contributed by atoms with Crippen LogP contribution in [0.3, 0.4) is 0 Å². The molecule has 0 amide bonds. The lowest BCUT2D eigenvalue weighted by atomic mass is 10.1. The van der Waals surface area contributed by atoms with E-state index in [1.54, 1.807) is 0 Å². The van der Waals surface area contributed by atoms with Gasteiger partial charge in [0.15, 0.2) is 0 Å². The molecule has 0 fully saturated rings. The Kier molecular flexibility index (Phi) is 6.10. The molecule has 2 aromatic rings. The highest BCUT2D eigenvalue weighted by Crippen LogP contribution is 2.19. The van der Waals surface area contributed by atoms with E-state index in [0.717, 1.165) is 29.9 Å². The highest BCUT2D eigenvalue weighted by atomic mass is 16.5. The van der Waals surface area contributed by atoms with Gasteiger partial charge in [-0.3, -0.25) is 0 Å². The molecule has 0 aliphatic heterocycles. The maximum atomic E-state index is 9.72. The van der Waals surface area contributed by atoms with Gasteiger partial charge < -0.3 is 14.6 Å². The second kappa shape index (κ2) is 8.32. The first-order valence-corrected chi connectivity index (χ1v) is 7.38. The number of benzene rings is 2. The van der Waals surface area contributed by atoms with Gasteiger partial charge in [0.2, 0.25) is 0 Å². The summed E-state index contributed by atoms with van der Waals surface area (Å²) in [4.78, 5) is 0. The van der Waals surface area contributed by atoms with E-state index in [1.807, 2.05) is 61.5 Å². The van der Waals surface area contributed by atoms with Crippen LogP contribution in [0.15, 0.2) is 54.6 Å². The molecule has 0 bridgehead atoms. The Balaban J connectivity index is 1.67. The van der Waals surface area contributed by atoms with E-state index in [0.29, 0.717) is 13.2 Å². The molecule has 0 heterocycles. The molecule has 0 spiro atoms. The summed E-state index contributed by atoms with van der Waals surface area (Å²) >= 11 is 0. The molecule has 0 aromatic heterocycles. The van der Waals surface area contributed by atoms with Crippen LogP contribution in [-0.2, 0) is 0 Å². The molecule has 2 rings (SSSR count). The maximum Gasteiger partial charge on any atom is 0.119 e. The van der Waals surface area contributed by atoms with Crippen molar-refractivity contribution in [2.45, 2.75) is 25.9 Å². The SMILES string of the molecule is CCC(O)c1ccc(OCCCOc2ccccc2)cc1. The number of hydrogen-bond acceptors (Lipinski definition) is 3. The monoisotopic (exact) mass is 286 g/mol. The number of para-hydroxylation sites is 1. The van der Waals surface area contributed by atoms with Gasteiger partial charge in [-0.25, -0.2) is 0 Å². The summed E-state index contributed by atoms with van der Waals surface area (Å²) in [5.41, 5.74) is 0.928. The fourth-order valence-corrected chi connectivity index (χ4v) is 1.98. The first-order chi connectivity index (χ1) is 10.3. The molecule has 3 heteroatoms. The molecule has 0 aliphatic rings. The largest absolute Gasteiger partial charge is 0.493 e. The zero-order valence-corrected chi connectivity index (χ0v) is 12.4. The van der Waals surface area contributed by atoms with Gasteiger partial charge in [0.25, 0.3) is 0 Å². The summed E-state index contributed by atoms with van der Waals surface area (Å²) in [5, 5.41) is 9.72. The van der Waals surface area contributed by atoms with Gasteiger partial charge in [-0.05, 0) is 36.2 Å². The number of ether oxygens (including phenoxy) is 2. The third-order valence-corrected chi connectivity index (χ3v) is 3.22. The van der Waals surface area contributed by atoms with Crippen molar-refractivity contribution in [3.63, 3.8) is 0 Å². The Bertz CT molecular complexity index is 508. The van der Waals surface area contributed by atoms with E-state index in [-0.39, 0.29) is 0 Å². The second-order valence-electron chi connectivity index (χ2n) is 4.86. The Hall–Kier alpha value is -2.00. The van der Waals surface area contributed by atoms with Crippen LogP contribution in [0, 0.1) is 0 Å². The quantitative estimate of drug-likeness (QED) is 0.746. The summed E-state index contributed by atoms with van der Waals surface area (Å²) in [7, 11) is 0. The van der Waals surface area contributed by atoms with Crippen molar-refractivity contribution in [1.82, 2.24) is 0 Å². The van der Waals surface area contributed by atoms with Crippen LogP contribution in [-0.4, -0.2) is 18.3 Å². The van der Waals surface area contributed by atoms with Crippen molar-refractivity contribution in [3.8, 4) is 11.5 Å². The number of rotatable bonds is 8. The van der Waals surface area contributed by atoms with Gasteiger partial charge in [0, 0.05) is 6.42 Å². The maximum absolute atomic E-state index is 9.72. The molecule has 3 nitrogen and oxygen atoms in total. The lowest BCUT2D eigenvalue weighted by molar-refractivity contribution is 0.173. The van der Waals surface area contributed by atoms with E-state index in [2.05, 4.69) is 0 Å². The molecular formula is C18H22O3. The summed E-state index contributed by atoms with van der Waals surface area (Å²) in [6.45, 7) is 3.21. The average Bonchev–Trinajstić information content (AvgIpc) is 2.55. The number of hydrogen-bond donors (Lipinski definition) is 1. The Morgan fingerprint density at radius 2 is 1.43 bits per heavy atom. The normalized spacial score (nSPS) is 11.9. The fraction of sp³-hybridized carbons (Fsp3) is 0.333. The summed E-state index contributed by atoms with van der Waals surface area (Å²) < 4.78 is 11.2. The van der Waals surface area contributed by atoms with Gasteiger partial charge in [-0.1, -0.05) is 37.3 Å². The predicted octanol–water partition coefficient (Wildman–Crippen LogP) is 3.98. The van der Waals surface area contributed by atoms with E-state index in [9.17, 15) is 5.11 Å². The fourth-order valence-electron chi connectivity index (χ4n) is 1.98. The molecule has 0 saturated heterocycles. The van der Waals surface area contributed by atoms with Crippen LogP contribution in [0.25, 0.3) is 0 Å². The third kappa shape index (κ3) is 5.12. The van der Waals surface area contributed by atoms with Crippen molar-refractivity contribution in [2.24, 2.45) is 0 Å². The lowest BCUT2D eigenvalue weighted by Gasteiger charge is -2.10. The van der Waals surface area contributed by atoms with Crippen LogP contribution in [0.2, 0.25) is 0 Å². The minimum absolute atomic E-state index is 0.390. The Labute approximate surface area is 126 Å². The van der Waals surface area contributed by atoms with Gasteiger partial charge >= 0.3 is 0 Å². The highest BCUT2D eigenvalue weighted by molar-refractivity contribution is 5.28. The van der Waals surface area contributed by atoms with Crippen LogP contribution >= 0.6 is 0 Å². The van der Waals surface area contributed by atoms with Gasteiger partial charge in [0.1, 0.15) is 11.5 Å². The zero-order valence-electron chi connectivity index (χ0n) is 12.4. The third-order valence-electron chi connectivity index (χ3n) is 3.22. The Morgan fingerprint density at radius 1 is 0.857 bits per heavy atom. The first-order valence-electron chi connectivity index (χ1n) is 7.38. The summed E-state index contributed by atoms with van der Waals surface area (Å²) in [6, 6.07) is 17.4. The van der Waals surface area contributed by atoms with Crippen LogP contribution in [0.5, 0.6) is 11.5 Å². The lowest BCUT2D eigenvalue weighted by Crippen LogP contribution is -2.05. The Morgan fingerprint density at radius 3 is 2.00 bits per heavy atom. The van der Waals surface area contributed by atoms with Crippen LogP contribution in [0.4, 0.5) is 0 Å². The molecule has 1 atom stereocenters. The molecule has 21 heavy (non-hydrogen) atoms. The molecule has 1 N–H and O–H groups in total. The number of aliphatic hydroxyl groups is 1. The molecule has 2 aromatic carbocycles. The highest BCUT2D eigenvalue weighted by Gasteiger charge is 2.04. The van der Waals surface area contributed by atoms with Gasteiger partial charge in [0.05, 0.1) is 19.3 Å². The standard InChI is InChI=1S/C18H22O3/c1-2-18(19)15-9-11-17(12-10-15)21-14-6-13-20-16-7-4-3-5-8-16/h3-5,7-12,18-19H,2,6,13-14H2,1H3. The predicted molar refractivity (Wildman–Crippen MR) is 83.7 cm³/mol. The minimum Gasteiger partial charge on any atom is -0.493 e. The topological polar surface area (TPSA) is 38.7 Å². The molecule has 0 aliphatic carbocycles. The smallest absolute Gasteiger partial charge is 0.119 e. The van der Waals surface area contributed by atoms with Crippen molar-refractivity contribution in [2.75, 3.05) is 13.2 Å². The molecule has 0 radical (unpaired) electrons. The average molecular weight is 286 g/mol. The molecular weight excluding hydrogens is 264 g/mol. The van der Waals surface area contributed by atoms with Crippen molar-refractivity contribution >= 4 is 0 Å². The van der Waals surface area contributed by atoms with Crippen molar-refractivity contribution in [3.05, 3.63) is 60.2 Å². The number of aliphatic hydroxyl groups excluding tert-OH is 1. The molecule has 1 unspecified atom stereocenters. The molecule has 112 valence electrons.